The molecular weight excluding hydrogens is 302 g/mol. The lowest BCUT2D eigenvalue weighted by molar-refractivity contribution is -0.154. The number of halogens is 1. The first-order valence-corrected chi connectivity index (χ1v) is 5.69. The van der Waals surface area contributed by atoms with Crippen LogP contribution in [0, 0.1) is 11.3 Å². The summed E-state index contributed by atoms with van der Waals surface area (Å²) in [7, 11) is 2.38. The summed E-state index contributed by atoms with van der Waals surface area (Å²) >= 11 is 3.22. The molecule has 0 amide bonds. The molecule has 0 N–H and O–H groups in total. The lowest BCUT2D eigenvalue weighted by atomic mass is 9.98. The second-order valence-electron chi connectivity index (χ2n) is 3.33. The Labute approximate surface area is 112 Å². The van der Waals surface area contributed by atoms with E-state index in [1.165, 1.54) is 32.4 Å². The number of hydrogen-bond donors (Lipinski definition) is 0. The fraction of sp³-hybridized carbons (Fsp3) is 0.250. The van der Waals surface area contributed by atoms with Crippen LogP contribution < -0.4 is 0 Å². The first kappa shape index (κ1) is 14.2. The summed E-state index contributed by atoms with van der Waals surface area (Å²) in [4.78, 5) is 23.2. The highest BCUT2D eigenvalue weighted by Gasteiger charge is 2.32. The Kier molecular flexibility index (Phi) is 4.86. The molecule has 18 heavy (non-hydrogen) atoms. The van der Waals surface area contributed by atoms with Gasteiger partial charge in [0.1, 0.15) is 0 Å². The molecule has 0 heterocycles. The van der Waals surface area contributed by atoms with E-state index in [-0.39, 0.29) is 0 Å². The van der Waals surface area contributed by atoms with Gasteiger partial charge in [-0.05, 0) is 17.7 Å². The Balaban J connectivity index is 3.26. The summed E-state index contributed by atoms with van der Waals surface area (Å²) < 4.78 is 9.63. The topological polar surface area (TPSA) is 76.4 Å². The van der Waals surface area contributed by atoms with Crippen LogP contribution in [0.1, 0.15) is 17.0 Å². The molecule has 0 atom stereocenters. The van der Waals surface area contributed by atoms with Gasteiger partial charge in [0.25, 0.3) is 0 Å². The molecule has 5 nitrogen and oxygen atoms in total. The van der Waals surface area contributed by atoms with Crippen molar-refractivity contribution in [1.29, 1.82) is 5.26 Å². The summed E-state index contributed by atoms with van der Waals surface area (Å²) in [5, 5.41) is 8.75. The first-order valence-electron chi connectivity index (χ1n) is 4.90. The predicted octanol–water partition coefficient (Wildman–Crippen LogP) is 1.75. The standard InChI is InChI=1S/C12H10BrNO4/c1-17-11(15)10(12(16)18-2)8-4-3-7(6-14)5-9(8)13/h3-5,10H,1-2H3. The maximum atomic E-state index is 11.6. The van der Waals surface area contributed by atoms with Crippen LogP contribution in [0.15, 0.2) is 22.7 Å². The van der Waals surface area contributed by atoms with Gasteiger partial charge in [0.05, 0.1) is 25.9 Å². The maximum absolute atomic E-state index is 11.6. The number of rotatable bonds is 3. The third-order valence-corrected chi connectivity index (χ3v) is 3.00. The molecule has 0 spiro atoms. The van der Waals surface area contributed by atoms with E-state index in [1.54, 1.807) is 0 Å². The molecule has 0 saturated heterocycles. The predicted molar refractivity (Wildman–Crippen MR) is 65.6 cm³/mol. The number of nitriles is 1. The largest absolute Gasteiger partial charge is 0.468 e. The van der Waals surface area contributed by atoms with Crippen molar-refractivity contribution in [3.8, 4) is 6.07 Å². The first-order chi connectivity index (χ1) is 8.54. The summed E-state index contributed by atoms with van der Waals surface area (Å²) in [5.41, 5.74) is 0.812. The van der Waals surface area contributed by atoms with Gasteiger partial charge in [-0.25, -0.2) is 0 Å². The highest BCUT2D eigenvalue weighted by molar-refractivity contribution is 9.10. The van der Waals surface area contributed by atoms with Gasteiger partial charge < -0.3 is 9.47 Å². The molecule has 1 aromatic rings. The van der Waals surface area contributed by atoms with Crippen molar-refractivity contribution in [1.82, 2.24) is 0 Å². The lowest BCUT2D eigenvalue weighted by Gasteiger charge is -2.14. The van der Waals surface area contributed by atoms with Gasteiger partial charge in [-0.1, -0.05) is 22.0 Å². The van der Waals surface area contributed by atoms with Gasteiger partial charge in [0.15, 0.2) is 5.92 Å². The summed E-state index contributed by atoms with van der Waals surface area (Å²) in [6, 6.07) is 6.51. The number of nitrogens with zero attached hydrogens (tertiary/aromatic N) is 1. The number of ether oxygens (including phenoxy) is 2. The minimum Gasteiger partial charge on any atom is -0.468 e. The molecule has 1 aromatic carbocycles. The number of benzene rings is 1. The molecule has 0 fully saturated rings. The molecule has 0 aliphatic rings. The van der Waals surface area contributed by atoms with E-state index in [4.69, 9.17) is 5.26 Å². The van der Waals surface area contributed by atoms with Crippen molar-refractivity contribution in [2.75, 3.05) is 14.2 Å². The van der Waals surface area contributed by atoms with Crippen LogP contribution in [-0.2, 0) is 19.1 Å². The Bertz CT molecular complexity index is 505. The van der Waals surface area contributed by atoms with Crippen molar-refractivity contribution in [2.45, 2.75) is 5.92 Å². The second kappa shape index (κ2) is 6.17. The molecule has 6 heteroatoms. The SMILES string of the molecule is COC(=O)C(C(=O)OC)c1ccc(C#N)cc1Br. The van der Waals surface area contributed by atoms with Gasteiger partial charge in [-0.2, -0.15) is 5.26 Å². The molecule has 0 unspecified atom stereocenters. The zero-order valence-corrected chi connectivity index (χ0v) is 11.4. The third kappa shape index (κ3) is 2.87. The zero-order valence-electron chi connectivity index (χ0n) is 9.77. The van der Waals surface area contributed by atoms with Crippen LogP contribution >= 0.6 is 15.9 Å². The van der Waals surface area contributed by atoms with E-state index >= 15 is 0 Å². The fourth-order valence-electron chi connectivity index (χ4n) is 1.42. The molecule has 1 rings (SSSR count). The van der Waals surface area contributed by atoms with Gasteiger partial charge in [-0.15, -0.1) is 0 Å². The average molecular weight is 312 g/mol. The molecule has 0 saturated carbocycles. The van der Waals surface area contributed by atoms with Crippen molar-refractivity contribution < 1.29 is 19.1 Å². The molecular formula is C12H10BrNO4. The van der Waals surface area contributed by atoms with Gasteiger partial charge in [0.2, 0.25) is 0 Å². The highest BCUT2D eigenvalue weighted by atomic mass is 79.9. The van der Waals surface area contributed by atoms with E-state index in [9.17, 15) is 9.59 Å². The fourth-order valence-corrected chi connectivity index (χ4v) is 2.02. The van der Waals surface area contributed by atoms with E-state index in [1.807, 2.05) is 6.07 Å². The van der Waals surface area contributed by atoms with E-state index in [0.29, 0.717) is 15.6 Å². The number of hydrogen-bond acceptors (Lipinski definition) is 5. The number of esters is 2. The number of methoxy groups -OCH3 is 2. The third-order valence-electron chi connectivity index (χ3n) is 2.31. The van der Waals surface area contributed by atoms with Crippen LogP contribution in [0.4, 0.5) is 0 Å². The van der Waals surface area contributed by atoms with Crippen molar-refractivity contribution in [3.05, 3.63) is 33.8 Å². The van der Waals surface area contributed by atoms with E-state index in [0.717, 1.165) is 0 Å². The van der Waals surface area contributed by atoms with E-state index < -0.39 is 17.9 Å². The Morgan fingerprint density at radius 3 is 2.22 bits per heavy atom. The molecule has 0 bridgehead atoms. The van der Waals surface area contributed by atoms with E-state index in [2.05, 4.69) is 25.4 Å². The smallest absolute Gasteiger partial charge is 0.324 e. The molecule has 0 aliphatic carbocycles. The van der Waals surface area contributed by atoms with Crippen molar-refractivity contribution >= 4 is 27.9 Å². The molecule has 94 valence electrons. The summed E-state index contributed by atoms with van der Waals surface area (Å²) in [6.07, 6.45) is 0. The Morgan fingerprint density at radius 1 is 1.28 bits per heavy atom. The van der Waals surface area contributed by atoms with Gasteiger partial charge in [0, 0.05) is 4.47 Å². The normalized spacial score (nSPS) is 9.72. The van der Waals surface area contributed by atoms with Gasteiger partial charge >= 0.3 is 11.9 Å². The maximum Gasteiger partial charge on any atom is 0.324 e. The minimum atomic E-state index is -1.16. The summed E-state index contributed by atoms with van der Waals surface area (Å²) in [6.45, 7) is 0. The highest BCUT2D eigenvalue weighted by Crippen LogP contribution is 2.28. The summed E-state index contributed by atoms with van der Waals surface area (Å²) in [5.74, 6) is -2.60. The second-order valence-corrected chi connectivity index (χ2v) is 4.18. The average Bonchev–Trinajstić information content (AvgIpc) is 2.39. The van der Waals surface area contributed by atoms with Crippen LogP contribution in [0.25, 0.3) is 0 Å². The van der Waals surface area contributed by atoms with Crippen LogP contribution in [0.2, 0.25) is 0 Å². The van der Waals surface area contributed by atoms with Crippen LogP contribution in [0.5, 0.6) is 0 Å². The minimum absolute atomic E-state index is 0.396. The zero-order chi connectivity index (χ0) is 13.7. The number of carbonyl (C=O) groups is 2. The van der Waals surface area contributed by atoms with Crippen molar-refractivity contribution in [3.63, 3.8) is 0 Å². The Hall–Kier alpha value is -1.87. The quantitative estimate of drug-likeness (QED) is 0.628. The molecule has 0 radical (unpaired) electrons. The van der Waals surface area contributed by atoms with Gasteiger partial charge in [-0.3, -0.25) is 9.59 Å². The van der Waals surface area contributed by atoms with Crippen molar-refractivity contribution in [2.24, 2.45) is 0 Å². The molecule has 0 aliphatic heterocycles. The molecule has 0 aromatic heterocycles. The Morgan fingerprint density at radius 2 is 1.83 bits per heavy atom. The lowest BCUT2D eigenvalue weighted by Crippen LogP contribution is -2.24. The number of carbonyl (C=O) groups excluding carboxylic acids is 2. The monoisotopic (exact) mass is 311 g/mol. The van der Waals surface area contributed by atoms with Crippen LogP contribution in [0.3, 0.4) is 0 Å². The van der Waals surface area contributed by atoms with Crippen LogP contribution in [-0.4, -0.2) is 26.2 Å².